The van der Waals surface area contributed by atoms with Gasteiger partial charge in [0.2, 0.25) is 0 Å². The molecule has 1 aliphatic heterocycles. The molecule has 1 N–H and O–H groups in total. The molecule has 2 heterocycles. The van der Waals surface area contributed by atoms with Crippen LogP contribution in [0.15, 0.2) is 30.5 Å². The molecule has 102 valence electrons. The Hall–Kier alpha value is -2.32. The van der Waals surface area contributed by atoms with Crippen LogP contribution < -0.4 is 0 Å². The third-order valence-corrected chi connectivity index (χ3v) is 3.75. The predicted octanol–water partition coefficient (Wildman–Crippen LogP) is 1.45. The van der Waals surface area contributed by atoms with Crippen molar-refractivity contribution in [3.05, 3.63) is 36.0 Å². The Bertz CT molecular complexity index is 662. The summed E-state index contributed by atoms with van der Waals surface area (Å²) in [7, 11) is 0. The summed E-state index contributed by atoms with van der Waals surface area (Å²) in [6.07, 6.45) is 1.87. The first-order valence-corrected chi connectivity index (χ1v) is 6.73. The Kier molecular flexibility index (Phi) is 3.40. The molecule has 0 atom stereocenters. The van der Waals surface area contributed by atoms with Gasteiger partial charge in [-0.05, 0) is 24.3 Å². The smallest absolute Gasteiger partial charge is 0.253 e. The number of aromatic amines is 1. The molecule has 20 heavy (non-hydrogen) atoms. The summed E-state index contributed by atoms with van der Waals surface area (Å²) in [5.41, 5.74) is 1.77. The van der Waals surface area contributed by atoms with Crippen LogP contribution >= 0.6 is 0 Å². The summed E-state index contributed by atoms with van der Waals surface area (Å²) in [6, 6.07) is 9.85. The highest BCUT2D eigenvalue weighted by molar-refractivity contribution is 5.98. The SMILES string of the molecule is N#CCN1CCN(C(=O)c2ccc3[nH]ccc3c2)CC1. The van der Waals surface area contributed by atoms with Gasteiger partial charge in [0.1, 0.15) is 0 Å². The van der Waals surface area contributed by atoms with Gasteiger partial charge in [-0.1, -0.05) is 0 Å². The number of nitrogens with one attached hydrogen (secondary N) is 1. The van der Waals surface area contributed by atoms with Crippen molar-refractivity contribution < 1.29 is 4.79 Å². The van der Waals surface area contributed by atoms with E-state index in [0.717, 1.165) is 29.6 Å². The van der Waals surface area contributed by atoms with Gasteiger partial charge in [-0.25, -0.2) is 0 Å². The zero-order valence-corrected chi connectivity index (χ0v) is 11.2. The fraction of sp³-hybridized carbons (Fsp3) is 0.333. The number of nitrogens with zero attached hydrogens (tertiary/aromatic N) is 3. The van der Waals surface area contributed by atoms with Gasteiger partial charge in [0.15, 0.2) is 0 Å². The quantitative estimate of drug-likeness (QED) is 0.838. The Morgan fingerprint density at radius 3 is 2.80 bits per heavy atom. The number of piperazine rings is 1. The second-order valence-electron chi connectivity index (χ2n) is 5.01. The minimum Gasteiger partial charge on any atom is -0.361 e. The zero-order chi connectivity index (χ0) is 13.9. The first-order valence-electron chi connectivity index (χ1n) is 6.73. The zero-order valence-electron chi connectivity index (χ0n) is 11.2. The third kappa shape index (κ3) is 2.38. The topological polar surface area (TPSA) is 63.1 Å². The van der Waals surface area contributed by atoms with E-state index in [1.165, 1.54) is 0 Å². The molecular formula is C15H16N4O. The highest BCUT2D eigenvalue weighted by Crippen LogP contribution is 2.16. The first-order chi connectivity index (χ1) is 9.78. The number of hydrogen-bond donors (Lipinski definition) is 1. The molecule has 0 aliphatic carbocycles. The van der Waals surface area contributed by atoms with Gasteiger partial charge >= 0.3 is 0 Å². The van der Waals surface area contributed by atoms with E-state index in [1.54, 1.807) is 0 Å². The number of fused-ring (bicyclic) bond motifs is 1. The second kappa shape index (κ2) is 5.35. The molecule has 1 aromatic heterocycles. The molecule has 0 radical (unpaired) electrons. The summed E-state index contributed by atoms with van der Waals surface area (Å²) in [4.78, 5) is 19.5. The summed E-state index contributed by atoms with van der Waals surface area (Å²) >= 11 is 0. The maximum Gasteiger partial charge on any atom is 0.253 e. The number of rotatable bonds is 2. The van der Waals surface area contributed by atoms with Crippen LogP contribution in [-0.2, 0) is 0 Å². The molecule has 0 spiro atoms. The van der Waals surface area contributed by atoms with Crippen LogP contribution in [0.3, 0.4) is 0 Å². The minimum absolute atomic E-state index is 0.0738. The number of H-pyrrole nitrogens is 1. The average molecular weight is 268 g/mol. The highest BCUT2D eigenvalue weighted by atomic mass is 16.2. The molecule has 1 aliphatic rings. The van der Waals surface area contributed by atoms with Gasteiger partial charge in [-0.2, -0.15) is 5.26 Å². The van der Waals surface area contributed by atoms with Crippen molar-refractivity contribution in [3.63, 3.8) is 0 Å². The molecule has 0 saturated carbocycles. The van der Waals surface area contributed by atoms with Gasteiger partial charge < -0.3 is 9.88 Å². The number of carbonyl (C=O) groups is 1. The predicted molar refractivity (Wildman–Crippen MR) is 76.3 cm³/mol. The molecule has 1 aromatic carbocycles. The van der Waals surface area contributed by atoms with Crippen LogP contribution in [0.1, 0.15) is 10.4 Å². The largest absolute Gasteiger partial charge is 0.361 e. The van der Waals surface area contributed by atoms with Crippen LogP contribution in [0.25, 0.3) is 10.9 Å². The fourth-order valence-electron chi connectivity index (χ4n) is 2.58. The van der Waals surface area contributed by atoms with Crippen molar-refractivity contribution in [2.45, 2.75) is 0 Å². The summed E-state index contributed by atoms with van der Waals surface area (Å²) in [5, 5.41) is 9.73. The second-order valence-corrected chi connectivity index (χ2v) is 5.01. The third-order valence-electron chi connectivity index (χ3n) is 3.75. The average Bonchev–Trinajstić information content (AvgIpc) is 2.95. The maximum atomic E-state index is 12.5. The standard InChI is InChI=1S/C15H16N4O/c16-4-6-18-7-9-19(10-8-18)15(20)13-1-2-14-12(11-13)3-5-17-14/h1-3,5,11,17H,6-10H2. The lowest BCUT2D eigenvalue weighted by Crippen LogP contribution is -2.48. The van der Waals surface area contributed by atoms with E-state index in [9.17, 15) is 4.79 Å². The van der Waals surface area contributed by atoms with Crippen LogP contribution in [-0.4, -0.2) is 53.4 Å². The van der Waals surface area contributed by atoms with E-state index < -0.39 is 0 Å². The van der Waals surface area contributed by atoms with Crippen LogP contribution in [0.4, 0.5) is 0 Å². The van der Waals surface area contributed by atoms with E-state index in [2.05, 4.69) is 16.0 Å². The lowest BCUT2D eigenvalue weighted by Gasteiger charge is -2.33. The normalized spacial score (nSPS) is 16.2. The van der Waals surface area contributed by atoms with Crippen molar-refractivity contribution in [3.8, 4) is 6.07 Å². The van der Waals surface area contributed by atoms with E-state index in [1.807, 2.05) is 35.4 Å². The molecule has 0 unspecified atom stereocenters. The van der Waals surface area contributed by atoms with Gasteiger partial charge in [0.05, 0.1) is 12.6 Å². The lowest BCUT2D eigenvalue weighted by molar-refractivity contribution is 0.0652. The fourth-order valence-corrected chi connectivity index (χ4v) is 2.58. The van der Waals surface area contributed by atoms with Crippen LogP contribution in [0, 0.1) is 11.3 Å². The number of aromatic nitrogens is 1. The Morgan fingerprint density at radius 2 is 2.05 bits per heavy atom. The number of amides is 1. The van der Waals surface area contributed by atoms with Gasteiger partial charge in [0.25, 0.3) is 5.91 Å². The van der Waals surface area contributed by atoms with E-state index >= 15 is 0 Å². The molecule has 0 bridgehead atoms. The molecule has 1 fully saturated rings. The van der Waals surface area contributed by atoms with E-state index in [4.69, 9.17) is 5.26 Å². The monoisotopic (exact) mass is 268 g/mol. The van der Waals surface area contributed by atoms with Crippen LogP contribution in [0.2, 0.25) is 0 Å². The van der Waals surface area contributed by atoms with Crippen molar-refractivity contribution in [2.75, 3.05) is 32.7 Å². The molecule has 5 nitrogen and oxygen atoms in total. The Labute approximate surface area is 117 Å². The maximum absolute atomic E-state index is 12.5. The number of carbonyl (C=O) groups excluding carboxylic acids is 1. The molecule has 3 rings (SSSR count). The van der Waals surface area contributed by atoms with Crippen molar-refractivity contribution >= 4 is 16.8 Å². The van der Waals surface area contributed by atoms with Crippen LogP contribution in [0.5, 0.6) is 0 Å². The Balaban J connectivity index is 1.71. The van der Waals surface area contributed by atoms with Gasteiger partial charge in [0, 0.05) is 48.8 Å². The summed E-state index contributed by atoms with van der Waals surface area (Å²) in [5.74, 6) is 0.0738. The number of hydrogen-bond acceptors (Lipinski definition) is 3. The van der Waals surface area contributed by atoms with E-state index in [-0.39, 0.29) is 5.91 Å². The molecular weight excluding hydrogens is 252 g/mol. The van der Waals surface area contributed by atoms with Crippen molar-refractivity contribution in [1.82, 2.24) is 14.8 Å². The number of benzene rings is 1. The molecule has 1 saturated heterocycles. The number of nitriles is 1. The first kappa shape index (κ1) is 12.7. The molecule has 2 aromatic rings. The van der Waals surface area contributed by atoms with E-state index in [0.29, 0.717) is 19.6 Å². The van der Waals surface area contributed by atoms with Crippen molar-refractivity contribution in [2.24, 2.45) is 0 Å². The van der Waals surface area contributed by atoms with Gasteiger partial charge in [-0.15, -0.1) is 0 Å². The summed E-state index contributed by atoms with van der Waals surface area (Å²) < 4.78 is 0. The molecule has 5 heteroatoms. The highest BCUT2D eigenvalue weighted by Gasteiger charge is 2.21. The van der Waals surface area contributed by atoms with Gasteiger partial charge in [-0.3, -0.25) is 9.69 Å². The van der Waals surface area contributed by atoms with Crippen molar-refractivity contribution in [1.29, 1.82) is 5.26 Å². The summed E-state index contributed by atoms with van der Waals surface area (Å²) in [6.45, 7) is 3.35. The lowest BCUT2D eigenvalue weighted by atomic mass is 10.1. The Morgan fingerprint density at radius 1 is 1.25 bits per heavy atom. The molecule has 1 amide bonds. The minimum atomic E-state index is 0.0738.